The molecular weight excluding hydrogens is 348 g/mol. The number of nitrogens with zero attached hydrogens (tertiary/aromatic N) is 2. The molecular formula is C19H24N4O4. The molecule has 1 fully saturated rings. The lowest BCUT2D eigenvalue weighted by atomic mass is 9.95. The van der Waals surface area contributed by atoms with Gasteiger partial charge in [-0.2, -0.15) is 0 Å². The lowest BCUT2D eigenvalue weighted by Crippen LogP contribution is -2.52. The third kappa shape index (κ3) is 4.28. The van der Waals surface area contributed by atoms with E-state index in [-0.39, 0.29) is 11.9 Å². The zero-order valence-corrected chi connectivity index (χ0v) is 15.5. The van der Waals surface area contributed by atoms with Crippen molar-refractivity contribution in [1.82, 2.24) is 20.4 Å². The van der Waals surface area contributed by atoms with E-state index in [1.54, 1.807) is 11.8 Å². The van der Waals surface area contributed by atoms with Crippen molar-refractivity contribution >= 4 is 17.9 Å². The lowest BCUT2D eigenvalue weighted by Gasteiger charge is -2.36. The number of amides is 3. The van der Waals surface area contributed by atoms with Gasteiger partial charge in [-0.1, -0.05) is 30.3 Å². The molecule has 0 bridgehead atoms. The van der Waals surface area contributed by atoms with Gasteiger partial charge in [0.2, 0.25) is 5.91 Å². The lowest BCUT2D eigenvalue weighted by molar-refractivity contribution is -0.136. The van der Waals surface area contributed by atoms with E-state index in [0.717, 1.165) is 5.56 Å². The van der Waals surface area contributed by atoms with E-state index in [0.29, 0.717) is 44.0 Å². The van der Waals surface area contributed by atoms with Crippen molar-refractivity contribution in [2.24, 2.45) is 0 Å². The number of hydrogen-bond acceptors (Lipinski definition) is 5. The number of urea groups is 1. The number of ether oxygens (including phenoxy) is 1. The SMILES string of the molecule is COC(=O)C1=C(CN2CCN(C(C)=O)CC2)NC(=O)N[C@@H]1c1ccccc1. The van der Waals surface area contributed by atoms with Crippen LogP contribution < -0.4 is 10.6 Å². The molecule has 2 aliphatic rings. The topological polar surface area (TPSA) is 91.0 Å². The van der Waals surface area contributed by atoms with Crippen LogP contribution in [0.3, 0.4) is 0 Å². The van der Waals surface area contributed by atoms with Crippen molar-refractivity contribution in [3.63, 3.8) is 0 Å². The van der Waals surface area contributed by atoms with Crippen molar-refractivity contribution < 1.29 is 19.1 Å². The first-order valence-electron chi connectivity index (χ1n) is 8.91. The van der Waals surface area contributed by atoms with Crippen LogP contribution in [-0.2, 0) is 14.3 Å². The maximum atomic E-state index is 12.5. The summed E-state index contributed by atoms with van der Waals surface area (Å²) in [5.41, 5.74) is 1.75. The summed E-state index contributed by atoms with van der Waals surface area (Å²) < 4.78 is 4.99. The van der Waals surface area contributed by atoms with Crippen molar-refractivity contribution in [1.29, 1.82) is 0 Å². The van der Waals surface area contributed by atoms with E-state index >= 15 is 0 Å². The third-order valence-corrected chi connectivity index (χ3v) is 4.89. The number of piperazine rings is 1. The highest BCUT2D eigenvalue weighted by Crippen LogP contribution is 2.28. The summed E-state index contributed by atoms with van der Waals surface area (Å²) in [7, 11) is 1.33. The largest absolute Gasteiger partial charge is 0.466 e. The molecule has 0 spiro atoms. The van der Waals surface area contributed by atoms with Crippen LogP contribution >= 0.6 is 0 Å². The molecule has 8 heteroatoms. The Hall–Kier alpha value is -2.87. The Bertz CT molecular complexity index is 754. The van der Waals surface area contributed by atoms with Gasteiger partial charge < -0.3 is 20.3 Å². The zero-order valence-electron chi connectivity index (χ0n) is 15.5. The maximum Gasteiger partial charge on any atom is 0.338 e. The molecule has 2 N–H and O–H groups in total. The van der Waals surface area contributed by atoms with Crippen LogP contribution in [-0.4, -0.2) is 67.5 Å². The molecule has 2 aliphatic heterocycles. The van der Waals surface area contributed by atoms with Gasteiger partial charge in [0.1, 0.15) is 0 Å². The fourth-order valence-electron chi connectivity index (χ4n) is 3.43. The molecule has 2 heterocycles. The predicted octanol–water partition coefficient (Wildman–Crippen LogP) is 0.632. The van der Waals surface area contributed by atoms with Gasteiger partial charge in [0.15, 0.2) is 0 Å². The highest BCUT2D eigenvalue weighted by Gasteiger charge is 2.34. The van der Waals surface area contributed by atoms with Crippen LogP contribution in [0, 0.1) is 0 Å². The van der Waals surface area contributed by atoms with E-state index in [1.807, 2.05) is 30.3 Å². The third-order valence-electron chi connectivity index (χ3n) is 4.89. The van der Waals surface area contributed by atoms with Gasteiger partial charge in [0.05, 0.1) is 18.7 Å². The second kappa shape index (κ2) is 8.22. The molecule has 1 atom stereocenters. The molecule has 144 valence electrons. The smallest absolute Gasteiger partial charge is 0.338 e. The van der Waals surface area contributed by atoms with E-state index in [2.05, 4.69) is 15.5 Å². The predicted molar refractivity (Wildman–Crippen MR) is 98.6 cm³/mol. The Morgan fingerprint density at radius 1 is 1.15 bits per heavy atom. The summed E-state index contributed by atoms with van der Waals surface area (Å²) in [5.74, 6) is -0.419. The molecule has 27 heavy (non-hydrogen) atoms. The van der Waals surface area contributed by atoms with Gasteiger partial charge in [-0.15, -0.1) is 0 Å². The molecule has 1 aromatic carbocycles. The molecule has 8 nitrogen and oxygen atoms in total. The summed E-state index contributed by atoms with van der Waals surface area (Å²) in [5, 5.41) is 5.58. The van der Waals surface area contributed by atoms with Crippen LogP contribution in [0.25, 0.3) is 0 Å². The molecule has 1 saturated heterocycles. The molecule has 0 aromatic heterocycles. The number of hydrogen-bond donors (Lipinski definition) is 2. The minimum absolute atomic E-state index is 0.0587. The fraction of sp³-hybridized carbons (Fsp3) is 0.421. The van der Waals surface area contributed by atoms with Crippen LogP contribution in [0.5, 0.6) is 0 Å². The zero-order chi connectivity index (χ0) is 19.4. The molecule has 0 radical (unpaired) electrons. The van der Waals surface area contributed by atoms with E-state index in [1.165, 1.54) is 7.11 Å². The summed E-state index contributed by atoms with van der Waals surface area (Å²) in [6.45, 7) is 4.58. The molecule has 0 unspecified atom stereocenters. The van der Waals surface area contributed by atoms with Crippen LogP contribution in [0.15, 0.2) is 41.6 Å². The Labute approximate surface area is 158 Å². The average molecular weight is 372 g/mol. The Balaban J connectivity index is 1.86. The number of carbonyl (C=O) groups excluding carboxylic acids is 3. The van der Waals surface area contributed by atoms with Gasteiger partial charge in [-0.3, -0.25) is 9.69 Å². The second-order valence-corrected chi connectivity index (χ2v) is 6.61. The average Bonchev–Trinajstić information content (AvgIpc) is 2.68. The second-order valence-electron chi connectivity index (χ2n) is 6.61. The first kappa shape index (κ1) is 18.9. The molecule has 0 saturated carbocycles. The Morgan fingerprint density at radius 2 is 1.81 bits per heavy atom. The Kier molecular flexibility index (Phi) is 5.75. The number of esters is 1. The van der Waals surface area contributed by atoms with Crippen LogP contribution in [0.2, 0.25) is 0 Å². The van der Waals surface area contributed by atoms with Crippen molar-refractivity contribution in [3.8, 4) is 0 Å². The molecule has 0 aliphatic carbocycles. The van der Waals surface area contributed by atoms with Crippen molar-refractivity contribution in [2.75, 3.05) is 39.8 Å². The summed E-state index contributed by atoms with van der Waals surface area (Å²) >= 11 is 0. The van der Waals surface area contributed by atoms with E-state index < -0.39 is 12.0 Å². The van der Waals surface area contributed by atoms with Gasteiger partial charge in [0.25, 0.3) is 0 Å². The van der Waals surface area contributed by atoms with Gasteiger partial charge in [0, 0.05) is 45.3 Å². The molecule has 1 aromatic rings. The number of benzene rings is 1. The number of rotatable bonds is 4. The van der Waals surface area contributed by atoms with Gasteiger partial charge in [-0.25, -0.2) is 9.59 Å². The normalized spacial score (nSPS) is 20.7. The standard InChI is InChI=1S/C19H24N4O4/c1-13(24)23-10-8-22(9-11-23)12-15-16(18(25)27-2)17(21-19(26)20-15)14-6-4-3-5-7-14/h3-7,17H,8-12H2,1-2H3,(H2,20,21,26)/t17-/m1/s1. The quantitative estimate of drug-likeness (QED) is 0.757. The molecule has 3 rings (SSSR count). The summed E-state index contributed by atoms with van der Waals surface area (Å²) in [6.07, 6.45) is 0. The summed E-state index contributed by atoms with van der Waals surface area (Å²) in [4.78, 5) is 40.1. The first-order valence-corrected chi connectivity index (χ1v) is 8.91. The highest BCUT2D eigenvalue weighted by atomic mass is 16.5. The van der Waals surface area contributed by atoms with Gasteiger partial charge in [-0.05, 0) is 5.56 Å². The number of methoxy groups -OCH3 is 1. The summed E-state index contributed by atoms with van der Waals surface area (Å²) in [6, 6.07) is 8.40. The van der Waals surface area contributed by atoms with Crippen LogP contribution in [0.1, 0.15) is 18.5 Å². The van der Waals surface area contributed by atoms with Crippen molar-refractivity contribution in [2.45, 2.75) is 13.0 Å². The van der Waals surface area contributed by atoms with E-state index in [4.69, 9.17) is 4.74 Å². The maximum absolute atomic E-state index is 12.5. The fourth-order valence-corrected chi connectivity index (χ4v) is 3.43. The minimum Gasteiger partial charge on any atom is -0.466 e. The monoisotopic (exact) mass is 372 g/mol. The highest BCUT2D eigenvalue weighted by molar-refractivity contribution is 5.95. The minimum atomic E-state index is -0.569. The first-order chi connectivity index (χ1) is 13.0. The van der Waals surface area contributed by atoms with Gasteiger partial charge >= 0.3 is 12.0 Å². The van der Waals surface area contributed by atoms with Crippen molar-refractivity contribution in [3.05, 3.63) is 47.2 Å². The Morgan fingerprint density at radius 3 is 2.41 bits per heavy atom. The van der Waals surface area contributed by atoms with E-state index in [9.17, 15) is 14.4 Å². The van der Waals surface area contributed by atoms with Crippen LogP contribution in [0.4, 0.5) is 4.79 Å². The molecule has 3 amide bonds. The number of carbonyl (C=O) groups is 3. The number of nitrogens with one attached hydrogen (secondary N) is 2.